The number of nitrogens with one attached hydrogen (secondary N) is 1. The van der Waals surface area contributed by atoms with Gasteiger partial charge in [-0.25, -0.2) is 4.98 Å². The van der Waals surface area contributed by atoms with Gasteiger partial charge in [0, 0.05) is 45.5 Å². The van der Waals surface area contributed by atoms with Crippen LogP contribution in [-0.2, 0) is 0 Å². The number of alkyl halides is 3. The van der Waals surface area contributed by atoms with Crippen molar-refractivity contribution < 1.29 is 17.9 Å². The fourth-order valence-electron chi connectivity index (χ4n) is 2.63. The van der Waals surface area contributed by atoms with Gasteiger partial charge in [-0.05, 0) is 13.0 Å². The van der Waals surface area contributed by atoms with Crippen LogP contribution >= 0.6 is 35.6 Å². The molecule has 0 bridgehead atoms. The molecule has 11 heteroatoms. The molecule has 2 heterocycles. The van der Waals surface area contributed by atoms with Crippen LogP contribution in [0.3, 0.4) is 0 Å². The van der Waals surface area contributed by atoms with E-state index in [9.17, 15) is 13.2 Å². The number of guanidine groups is 1. The molecule has 27 heavy (non-hydrogen) atoms. The van der Waals surface area contributed by atoms with Crippen molar-refractivity contribution in [3.63, 3.8) is 0 Å². The van der Waals surface area contributed by atoms with Crippen LogP contribution in [0.1, 0.15) is 6.92 Å². The SMILES string of the molecule is CN=C(NCCOc1ccc(Cl)cn1)N1CCN(C(C)C(F)(F)F)CC1.I. The third-order valence-corrected chi connectivity index (χ3v) is 4.41. The lowest BCUT2D eigenvalue weighted by Crippen LogP contribution is -2.57. The summed E-state index contributed by atoms with van der Waals surface area (Å²) < 4.78 is 43.9. The number of piperazine rings is 1. The van der Waals surface area contributed by atoms with Crippen LogP contribution in [0.25, 0.3) is 0 Å². The first kappa shape index (κ1) is 24.0. The number of ether oxygens (including phenoxy) is 1. The van der Waals surface area contributed by atoms with E-state index < -0.39 is 12.2 Å². The van der Waals surface area contributed by atoms with Gasteiger partial charge in [0.2, 0.25) is 5.88 Å². The topological polar surface area (TPSA) is 53.0 Å². The molecule has 0 saturated carbocycles. The molecule has 0 radical (unpaired) electrons. The Hall–Kier alpha value is -1.01. The molecule has 1 fully saturated rings. The van der Waals surface area contributed by atoms with Crippen molar-refractivity contribution in [2.24, 2.45) is 4.99 Å². The standard InChI is InChI=1S/C16H23ClF3N5O.HI/c1-12(16(18,19)20)24-6-8-25(9-7-24)15(21-2)22-5-10-26-14-4-3-13(17)11-23-14;/h3-4,11-12H,5-10H2,1-2H3,(H,21,22);1H. The summed E-state index contributed by atoms with van der Waals surface area (Å²) in [5.41, 5.74) is 0. The van der Waals surface area contributed by atoms with E-state index in [2.05, 4.69) is 15.3 Å². The van der Waals surface area contributed by atoms with Crippen LogP contribution in [-0.4, -0.2) is 79.3 Å². The van der Waals surface area contributed by atoms with Gasteiger partial charge >= 0.3 is 6.18 Å². The highest BCUT2D eigenvalue weighted by molar-refractivity contribution is 14.0. The van der Waals surface area contributed by atoms with Crippen molar-refractivity contribution in [2.45, 2.75) is 19.1 Å². The van der Waals surface area contributed by atoms with Gasteiger partial charge < -0.3 is 15.0 Å². The lowest BCUT2D eigenvalue weighted by molar-refractivity contribution is -0.181. The van der Waals surface area contributed by atoms with Crippen molar-refractivity contribution in [3.8, 4) is 5.88 Å². The number of aromatic nitrogens is 1. The number of rotatable bonds is 5. The molecule has 1 aliphatic heterocycles. The predicted octanol–water partition coefficient (Wildman–Crippen LogP) is 2.88. The number of hydrogen-bond acceptors (Lipinski definition) is 4. The minimum atomic E-state index is -4.20. The highest BCUT2D eigenvalue weighted by Gasteiger charge is 2.41. The van der Waals surface area contributed by atoms with Gasteiger partial charge in [0.1, 0.15) is 12.6 Å². The molecule has 0 amide bonds. The molecule has 1 aliphatic rings. The van der Waals surface area contributed by atoms with Gasteiger partial charge in [-0.3, -0.25) is 9.89 Å². The Balaban J connectivity index is 0.00000364. The van der Waals surface area contributed by atoms with Crippen molar-refractivity contribution in [3.05, 3.63) is 23.4 Å². The molecule has 1 aromatic rings. The summed E-state index contributed by atoms with van der Waals surface area (Å²) in [5.74, 6) is 1.12. The zero-order chi connectivity index (χ0) is 19.2. The summed E-state index contributed by atoms with van der Waals surface area (Å²) >= 11 is 5.76. The summed E-state index contributed by atoms with van der Waals surface area (Å²) in [6, 6.07) is 1.94. The fourth-order valence-corrected chi connectivity index (χ4v) is 2.74. The molecule has 1 aromatic heterocycles. The summed E-state index contributed by atoms with van der Waals surface area (Å²) in [6.07, 6.45) is -2.69. The van der Waals surface area contributed by atoms with E-state index in [1.807, 2.05) is 4.90 Å². The van der Waals surface area contributed by atoms with E-state index in [-0.39, 0.29) is 24.0 Å². The van der Waals surface area contributed by atoms with E-state index in [1.54, 1.807) is 19.2 Å². The first-order valence-corrected chi connectivity index (χ1v) is 8.69. The molecular weight excluding hydrogens is 498 g/mol. The molecule has 0 spiro atoms. The molecular formula is C16H24ClF3IN5O. The number of aliphatic imine (C=N–C) groups is 1. The molecule has 0 aliphatic carbocycles. The lowest BCUT2D eigenvalue weighted by atomic mass is 10.2. The van der Waals surface area contributed by atoms with Gasteiger partial charge in [0.05, 0.1) is 11.6 Å². The third kappa shape index (κ3) is 7.49. The first-order chi connectivity index (χ1) is 12.3. The van der Waals surface area contributed by atoms with Crippen molar-refractivity contribution in [1.29, 1.82) is 0 Å². The van der Waals surface area contributed by atoms with E-state index in [0.29, 0.717) is 56.2 Å². The summed E-state index contributed by atoms with van der Waals surface area (Å²) in [5, 5.41) is 3.69. The van der Waals surface area contributed by atoms with Crippen molar-refractivity contribution >= 4 is 41.5 Å². The average Bonchev–Trinajstić information content (AvgIpc) is 2.62. The van der Waals surface area contributed by atoms with Gasteiger partial charge in [-0.2, -0.15) is 13.2 Å². The molecule has 2 rings (SSSR count). The Morgan fingerprint density at radius 1 is 1.33 bits per heavy atom. The summed E-state index contributed by atoms with van der Waals surface area (Å²) in [6.45, 7) is 3.72. The van der Waals surface area contributed by atoms with Crippen LogP contribution in [0.2, 0.25) is 5.02 Å². The Kier molecular flexibility index (Phi) is 9.88. The minimum absolute atomic E-state index is 0. The molecule has 0 aromatic carbocycles. The van der Waals surface area contributed by atoms with Crippen LogP contribution in [0.15, 0.2) is 23.3 Å². The minimum Gasteiger partial charge on any atom is -0.476 e. The van der Waals surface area contributed by atoms with Crippen LogP contribution in [0.4, 0.5) is 13.2 Å². The van der Waals surface area contributed by atoms with Crippen molar-refractivity contribution in [1.82, 2.24) is 20.1 Å². The predicted molar refractivity (Wildman–Crippen MR) is 110 cm³/mol. The maximum absolute atomic E-state index is 12.8. The maximum atomic E-state index is 12.8. The Bertz CT molecular complexity index is 595. The maximum Gasteiger partial charge on any atom is 0.403 e. The molecule has 1 N–H and O–H groups in total. The normalized spacial score (nSPS) is 17.3. The zero-order valence-electron chi connectivity index (χ0n) is 15.2. The Labute approximate surface area is 179 Å². The number of pyridine rings is 1. The molecule has 1 unspecified atom stereocenters. The van der Waals surface area contributed by atoms with Gasteiger partial charge in [-0.15, -0.1) is 24.0 Å². The molecule has 1 saturated heterocycles. The summed E-state index contributed by atoms with van der Waals surface area (Å²) in [4.78, 5) is 11.6. The highest BCUT2D eigenvalue weighted by atomic mass is 127. The fraction of sp³-hybridized carbons (Fsp3) is 0.625. The second-order valence-corrected chi connectivity index (χ2v) is 6.31. The Morgan fingerprint density at radius 2 is 2.00 bits per heavy atom. The smallest absolute Gasteiger partial charge is 0.403 e. The van der Waals surface area contributed by atoms with E-state index in [4.69, 9.17) is 16.3 Å². The second kappa shape index (κ2) is 11.1. The van der Waals surface area contributed by atoms with Crippen LogP contribution in [0.5, 0.6) is 5.88 Å². The van der Waals surface area contributed by atoms with Crippen molar-refractivity contribution in [2.75, 3.05) is 46.4 Å². The first-order valence-electron chi connectivity index (χ1n) is 8.32. The second-order valence-electron chi connectivity index (χ2n) is 5.88. The monoisotopic (exact) mass is 521 g/mol. The Morgan fingerprint density at radius 3 is 2.52 bits per heavy atom. The average molecular weight is 522 g/mol. The molecule has 154 valence electrons. The number of nitrogens with zero attached hydrogens (tertiary/aromatic N) is 4. The number of hydrogen-bond donors (Lipinski definition) is 1. The van der Waals surface area contributed by atoms with Gasteiger partial charge in [-0.1, -0.05) is 11.6 Å². The zero-order valence-corrected chi connectivity index (χ0v) is 18.3. The van der Waals surface area contributed by atoms with E-state index in [0.717, 1.165) is 0 Å². The van der Waals surface area contributed by atoms with Gasteiger partial charge in [0.15, 0.2) is 5.96 Å². The quantitative estimate of drug-likeness (QED) is 0.280. The van der Waals surface area contributed by atoms with E-state index >= 15 is 0 Å². The van der Waals surface area contributed by atoms with E-state index in [1.165, 1.54) is 18.0 Å². The molecule has 6 nitrogen and oxygen atoms in total. The molecule has 1 atom stereocenters. The third-order valence-electron chi connectivity index (χ3n) is 4.18. The lowest BCUT2D eigenvalue weighted by Gasteiger charge is -2.39. The summed E-state index contributed by atoms with van der Waals surface area (Å²) in [7, 11) is 1.65. The number of halogens is 5. The van der Waals surface area contributed by atoms with Gasteiger partial charge in [0.25, 0.3) is 0 Å². The highest BCUT2D eigenvalue weighted by Crippen LogP contribution is 2.25. The van der Waals surface area contributed by atoms with Crippen LogP contribution < -0.4 is 10.1 Å². The van der Waals surface area contributed by atoms with Crippen LogP contribution in [0, 0.1) is 0 Å². The largest absolute Gasteiger partial charge is 0.476 e.